The Kier molecular flexibility index (Phi) is 4.27. The zero-order chi connectivity index (χ0) is 18.4. The molecule has 4 fully saturated rings. The number of rotatable bonds is 4. The molecule has 0 unspecified atom stereocenters. The minimum Gasteiger partial charge on any atom is -0.337 e. The molecule has 5 heteroatoms. The van der Waals surface area contributed by atoms with Crippen LogP contribution in [-0.2, 0) is 11.3 Å². The Morgan fingerprint density at radius 3 is 2.63 bits per heavy atom. The van der Waals surface area contributed by atoms with Gasteiger partial charge in [-0.2, -0.15) is 5.10 Å². The molecule has 1 aromatic heterocycles. The third kappa shape index (κ3) is 2.98. The number of benzene rings is 1. The van der Waals surface area contributed by atoms with Crippen LogP contribution in [0, 0.1) is 12.8 Å². The quantitative estimate of drug-likeness (QED) is 0.838. The summed E-state index contributed by atoms with van der Waals surface area (Å²) >= 11 is 0. The predicted octanol–water partition coefficient (Wildman–Crippen LogP) is 2.67. The minimum absolute atomic E-state index is 0.297. The summed E-state index contributed by atoms with van der Waals surface area (Å²) in [5.74, 6) is 1.41. The van der Waals surface area contributed by atoms with Gasteiger partial charge in [0, 0.05) is 37.7 Å². The maximum Gasteiger partial charge on any atom is 0.224 e. The predicted molar refractivity (Wildman–Crippen MR) is 104 cm³/mol. The lowest BCUT2D eigenvalue weighted by molar-refractivity contribution is -0.136. The van der Waals surface area contributed by atoms with Crippen molar-refractivity contribution in [1.82, 2.24) is 19.6 Å². The van der Waals surface area contributed by atoms with E-state index in [-0.39, 0.29) is 0 Å². The molecule has 0 radical (unpaired) electrons. The van der Waals surface area contributed by atoms with Crippen molar-refractivity contribution in [3.8, 4) is 0 Å². The molecule has 27 heavy (non-hydrogen) atoms. The highest BCUT2D eigenvalue weighted by Gasteiger charge is 2.54. The third-order valence-electron chi connectivity index (χ3n) is 6.86. The Balaban J connectivity index is 1.38. The van der Waals surface area contributed by atoms with Crippen LogP contribution >= 0.6 is 0 Å². The number of aryl methyl sites for hydroxylation is 2. The first-order valence-electron chi connectivity index (χ1n) is 10.3. The van der Waals surface area contributed by atoms with E-state index in [2.05, 4.69) is 45.2 Å². The van der Waals surface area contributed by atoms with Gasteiger partial charge in [-0.3, -0.25) is 14.4 Å². The molecule has 4 aliphatic rings. The fraction of sp³-hybridized carbons (Fsp3) is 0.545. The normalized spacial score (nSPS) is 31.9. The number of fused-ring (bicyclic) bond motifs is 2. The van der Waals surface area contributed by atoms with Crippen LogP contribution in [0.3, 0.4) is 0 Å². The molecule has 1 aromatic carbocycles. The Morgan fingerprint density at radius 1 is 1.15 bits per heavy atom. The number of piperidine rings is 3. The van der Waals surface area contributed by atoms with Gasteiger partial charge in [-0.25, -0.2) is 0 Å². The molecule has 5 nitrogen and oxygen atoms in total. The first-order chi connectivity index (χ1) is 13.2. The second kappa shape index (κ2) is 6.79. The first kappa shape index (κ1) is 17.0. The van der Waals surface area contributed by atoms with Gasteiger partial charge in [0.2, 0.25) is 5.91 Å². The maximum absolute atomic E-state index is 13.2. The molecular formula is C22H28N4O. The van der Waals surface area contributed by atoms with E-state index in [0.717, 1.165) is 12.1 Å². The molecule has 0 aliphatic carbocycles. The van der Waals surface area contributed by atoms with Crippen molar-refractivity contribution in [3.63, 3.8) is 0 Å². The lowest BCUT2D eigenvalue weighted by Gasteiger charge is -2.51. The molecule has 2 aromatic rings. The molecule has 4 saturated heterocycles. The summed E-state index contributed by atoms with van der Waals surface area (Å²) in [5.41, 5.74) is 2.53. The minimum atomic E-state index is 0.297. The van der Waals surface area contributed by atoms with Crippen LogP contribution in [0.2, 0.25) is 0 Å². The average molecular weight is 364 g/mol. The van der Waals surface area contributed by atoms with Crippen molar-refractivity contribution in [1.29, 1.82) is 0 Å². The highest BCUT2D eigenvalue weighted by atomic mass is 16.2. The van der Waals surface area contributed by atoms with Crippen molar-refractivity contribution in [3.05, 3.63) is 53.9 Å². The number of amides is 1. The fourth-order valence-corrected chi connectivity index (χ4v) is 5.64. The van der Waals surface area contributed by atoms with E-state index in [4.69, 9.17) is 0 Å². The van der Waals surface area contributed by atoms with Crippen molar-refractivity contribution >= 4 is 5.91 Å². The standard InChI is InChI=1S/C22H28N4O/c1-16-13-23-25(14-16)12-9-20(27)26-15-19(17-5-3-2-4-6-17)22-21(26)18-7-10-24(22)11-8-18/h2-6,13-14,18-19,21-22H,7-12,15H2,1H3/t19-,21+,22+/m1/s1. The highest BCUT2D eigenvalue weighted by Crippen LogP contribution is 2.46. The highest BCUT2D eigenvalue weighted by molar-refractivity contribution is 5.77. The lowest BCUT2D eigenvalue weighted by atomic mass is 9.75. The van der Waals surface area contributed by atoms with Crippen LogP contribution in [0.5, 0.6) is 0 Å². The maximum atomic E-state index is 13.2. The van der Waals surface area contributed by atoms with Gasteiger partial charge in [-0.05, 0) is 49.9 Å². The molecular weight excluding hydrogens is 336 g/mol. The second-order valence-corrected chi connectivity index (χ2v) is 8.45. The summed E-state index contributed by atoms with van der Waals surface area (Å²) in [7, 11) is 0. The van der Waals surface area contributed by atoms with Gasteiger partial charge < -0.3 is 4.90 Å². The molecule has 5 heterocycles. The van der Waals surface area contributed by atoms with Crippen LogP contribution in [0.25, 0.3) is 0 Å². The molecule has 1 amide bonds. The monoisotopic (exact) mass is 364 g/mol. The van der Waals surface area contributed by atoms with Crippen molar-refractivity contribution in [2.45, 2.75) is 50.7 Å². The summed E-state index contributed by atoms with van der Waals surface area (Å²) in [4.78, 5) is 18.1. The molecule has 6 rings (SSSR count). The van der Waals surface area contributed by atoms with Crippen molar-refractivity contribution < 1.29 is 4.79 Å². The van der Waals surface area contributed by atoms with E-state index in [1.807, 2.05) is 24.0 Å². The largest absolute Gasteiger partial charge is 0.337 e. The van der Waals surface area contributed by atoms with Crippen molar-refractivity contribution in [2.75, 3.05) is 19.6 Å². The molecule has 0 N–H and O–H groups in total. The molecule has 4 aliphatic heterocycles. The van der Waals surface area contributed by atoms with Gasteiger partial charge in [0.05, 0.1) is 12.2 Å². The number of nitrogens with zero attached hydrogens (tertiary/aromatic N) is 4. The topological polar surface area (TPSA) is 41.4 Å². The summed E-state index contributed by atoms with van der Waals surface area (Å²) in [6.45, 7) is 5.97. The zero-order valence-electron chi connectivity index (χ0n) is 16.0. The van der Waals surface area contributed by atoms with Crippen LogP contribution in [0.4, 0.5) is 0 Å². The number of hydrogen-bond donors (Lipinski definition) is 0. The second-order valence-electron chi connectivity index (χ2n) is 8.45. The Morgan fingerprint density at radius 2 is 1.93 bits per heavy atom. The number of carbonyl (C=O) groups excluding carboxylic acids is 1. The SMILES string of the molecule is Cc1cnn(CCC(=O)N2C[C@H](c3ccccc3)[C@H]3[C@@H]2C2CCN3CC2)c1. The Bertz CT molecular complexity index is 809. The summed E-state index contributed by atoms with van der Waals surface area (Å²) < 4.78 is 1.89. The van der Waals surface area contributed by atoms with Gasteiger partial charge in [-0.15, -0.1) is 0 Å². The average Bonchev–Trinajstić information content (AvgIpc) is 3.33. The Labute approximate surface area is 161 Å². The number of hydrogen-bond acceptors (Lipinski definition) is 3. The number of likely N-dealkylation sites (tertiary alicyclic amines) is 1. The molecule has 0 saturated carbocycles. The van der Waals surface area contributed by atoms with Crippen LogP contribution in [-0.4, -0.2) is 57.2 Å². The van der Waals surface area contributed by atoms with Gasteiger partial charge in [0.15, 0.2) is 0 Å². The van der Waals surface area contributed by atoms with E-state index in [1.54, 1.807) is 0 Å². The van der Waals surface area contributed by atoms with E-state index in [9.17, 15) is 4.79 Å². The molecule has 0 spiro atoms. The first-order valence-corrected chi connectivity index (χ1v) is 10.3. The number of aromatic nitrogens is 2. The van der Waals surface area contributed by atoms with Crippen LogP contribution in [0.1, 0.15) is 36.3 Å². The smallest absolute Gasteiger partial charge is 0.224 e. The Hall–Kier alpha value is -2.14. The van der Waals surface area contributed by atoms with Crippen LogP contribution in [0.15, 0.2) is 42.7 Å². The number of carbonyl (C=O) groups is 1. The third-order valence-corrected chi connectivity index (χ3v) is 6.86. The molecule has 3 atom stereocenters. The fourth-order valence-electron chi connectivity index (χ4n) is 5.64. The molecule has 142 valence electrons. The van der Waals surface area contributed by atoms with E-state index in [0.29, 0.717) is 42.8 Å². The summed E-state index contributed by atoms with van der Waals surface area (Å²) in [5, 5.41) is 4.33. The van der Waals surface area contributed by atoms with E-state index in [1.165, 1.54) is 31.5 Å². The van der Waals surface area contributed by atoms with Crippen LogP contribution < -0.4 is 0 Å². The molecule has 2 bridgehead atoms. The van der Waals surface area contributed by atoms with Crippen molar-refractivity contribution in [2.24, 2.45) is 5.92 Å². The van der Waals surface area contributed by atoms with E-state index < -0.39 is 0 Å². The van der Waals surface area contributed by atoms with Gasteiger partial charge >= 0.3 is 0 Å². The summed E-state index contributed by atoms with van der Waals surface area (Å²) in [6, 6.07) is 11.7. The van der Waals surface area contributed by atoms with E-state index >= 15 is 0 Å². The van der Waals surface area contributed by atoms with Gasteiger partial charge in [-0.1, -0.05) is 30.3 Å². The van der Waals surface area contributed by atoms with Gasteiger partial charge in [0.1, 0.15) is 0 Å². The van der Waals surface area contributed by atoms with Gasteiger partial charge in [0.25, 0.3) is 0 Å². The summed E-state index contributed by atoms with van der Waals surface area (Å²) in [6.07, 6.45) is 6.89. The zero-order valence-corrected chi connectivity index (χ0v) is 16.0. The lowest BCUT2D eigenvalue weighted by Crippen LogP contribution is -2.60.